The summed E-state index contributed by atoms with van der Waals surface area (Å²) in [6, 6.07) is 14.5. The summed E-state index contributed by atoms with van der Waals surface area (Å²) in [6.07, 6.45) is 5.77. The number of hydrogen-bond acceptors (Lipinski definition) is 2. The number of fused-ring (bicyclic) bond motifs is 1. The van der Waals surface area contributed by atoms with Crippen LogP contribution >= 0.6 is 0 Å². The van der Waals surface area contributed by atoms with Crippen molar-refractivity contribution in [2.24, 2.45) is 0 Å². The summed E-state index contributed by atoms with van der Waals surface area (Å²) in [4.78, 5) is 12.3. The van der Waals surface area contributed by atoms with E-state index in [-0.39, 0.29) is 18.6 Å². The van der Waals surface area contributed by atoms with E-state index in [9.17, 15) is 4.79 Å². The van der Waals surface area contributed by atoms with Crippen LogP contribution in [0.3, 0.4) is 0 Å². The molecule has 1 N–H and O–H groups in total. The van der Waals surface area contributed by atoms with E-state index in [1.165, 1.54) is 36.0 Å². The van der Waals surface area contributed by atoms with E-state index in [0.717, 1.165) is 24.2 Å². The third-order valence-electron chi connectivity index (χ3n) is 4.88. The Bertz CT molecular complexity index is 739. The van der Waals surface area contributed by atoms with Crippen LogP contribution in [0.15, 0.2) is 42.5 Å². The Hall–Kier alpha value is -2.29. The van der Waals surface area contributed by atoms with Crippen molar-refractivity contribution in [3.8, 4) is 5.75 Å². The topological polar surface area (TPSA) is 38.3 Å². The maximum atomic E-state index is 12.3. The van der Waals surface area contributed by atoms with Gasteiger partial charge in [-0.3, -0.25) is 4.79 Å². The number of hydrogen-bond donors (Lipinski definition) is 1. The molecule has 0 spiro atoms. The lowest BCUT2D eigenvalue weighted by atomic mass is 9.89. The van der Waals surface area contributed by atoms with E-state index < -0.39 is 0 Å². The van der Waals surface area contributed by atoms with Crippen molar-refractivity contribution in [1.82, 2.24) is 5.32 Å². The molecule has 0 fully saturated rings. The maximum absolute atomic E-state index is 12.3. The quantitative estimate of drug-likeness (QED) is 0.841. The molecule has 0 aromatic heterocycles. The second kappa shape index (κ2) is 8.19. The molecule has 0 unspecified atom stereocenters. The van der Waals surface area contributed by atoms with Gasteiger partial charge in [-0.05, 0) is 73.4 Å². The van der Waals surface area contributed by atoms with Crippen LogP contribution in [-0.2, 0) is 17.6 Å². The Morgan fingerprint density at radius 1 is 1.12 bits per heavy atom. The fraction of sp³-hybridized carbons (Fsp3) is 0.409. The zero-order valence-electron chi connectivity index (χ0n) is 15.2. The third kappa shape index (κ3) is 4.62. The summed E-state index contributed by atoms with van der Waals surface area (Å²) >= 11 is 0. The molecule has 2 aromatic rings. The van der Waals surface area contributed by atoms with Crippen LogP contribution in [0.1, 0.15) is 54.5 Å². The molecule has 1 amide bonds. The van der Waals surface area contributed by atoms with Gasteiger partial charge in [0.15, 0.2) is 6.61 Å². The minimum Gasteiger partial charge on any atom is -0.484 e. The van der Waals surface area contributed by atoms with Gasteiger partial charge in [0, 0.05) is 0 Å². The Morgan fingerprint density at radius 3 is 2.68 bits per heavy atom. The van der Waals surface area contributed by atoms with Crippen LogP contribution in [-0.4, -0.2) is 12.5 Å². The van der Waals surface area contributed by atoms with Crippen LogP contribution in [0.5, 0.6) is 5.75 Å². The molecule has 132 valence electrons. The fourth-order valence-electron chi connectivity index (χ4n) is 3.48. The van der Waals surface area contributed by atoms with Gasteiger partial charge in [-0.15, -0.1) is 0 Å². The summed E-state index contributed by atoms with van der Waals surface area (Å²) in [5.41, 5.74) is 5.25. The van der Waals surface area contributed by atoms with Crippen LogP contribution in [0, 0.1) is 6.92 Å². The Balaban J connectivity index is 1.60. The molecule has 0 heterocycles. The molecule has 2 aromatic carbocycles. The van der Waals surface area contributed by atoms with Crippen molar-refractivity contribution >= 4 is 5.91 Å². The largest absolute Gasteiger partial charge is 0.484 e. The summed E-state index contributed by atoms with van der Waals surface area (Å²) < 4.78 is 5.61. The number of benzene rings is 2. The lowest BCUT2D eigenvalue weighted by molar-refractivity contribution is -0.123. The van der Waals surface area contributed by atoms with Gasteiger partial charge in [-0.1, -0.05) is 37.3 Å². The zero-order chi connectivity index (χ0) is 17.6. The highest BCUT2D eigenvalue weighted by molar-refractivity contribution is 5.78. The van der Waals surface area contributed by atoms with Crippen molar-refractivity contribution in [2.45, 2.75) is 52.0 Å². The van der Waals surface area contributed by atoms with Crippen LogP contribution < -0.4 is 10.1 Å². The average Bonchev–Trinajstić information content (AvgIpc) is 2.64. The minimum absolute atomic E-state index is 0.0424. The number of amides is 1. The van der Waals surface area contributed by atoms with Crippen LogP contribution in [0.25, 0.3) is 0 Å². The number of carbonyl (C=O) groups is 1. The average molecular weight is 337 g/mol. The molecule has 3 heteroatoms. The van der Waals surface area contributed by atoms with E-state index in [2.05, 4.69) is 30.4 Å². The molecule has 0 saturated heterocycles. The second-order valence-corrected chi connectivity index (χ2v) is 6.87. The molecule has 0 radical (unpaired) electrons. The van der Waals surface area contributed by atoms with E-state index in [1.807, 2.05) is 31.2 Å². The molecule has 3 nitrogen and oxygen atoms in total. The molecular formula is C22H27NO2. The molecule has 0 saturated carbocycles. The van der Waals surface area contributed by atoms with Gasteiger partial charge in [0.05, 0.1) is 6.04 Å². The van der Waals surface area contributed by atoms with Crippen LogP contribution in [0.4, 0.5) is 0 Å². The third-order valence-corrected chi connectivity index (χ3v) is 4.88. The molecule has 3 rings (SSSR count). The Morgan fingerprint density at radius 2 is 1.92 bits per heavy atom. The molecule has 0 bridgehead atoms. The SMILES string of the molecule is CC[C@H](NC(=O)COc1cccc(C)c1)c1ccc2c(c1)CCCC2. The van der Waals surface area contributed by atoms with Crippen molar-refractivity contribution < 1.29 is 9.53 Å². The van der Waals surface area contributed by atoms with Gasteiger partial charge >= 0.3 is 0 Å². The van der Waals surface area contributed by atoms with E-state index in [4.69, 9.17) is 4.74 Å². The number of rotatable bonds is 6. The molecule has 1 atom stereocenters. The highest BCUT2D eigenvalue weighted by Crippen LogP contribution is 2.26. The van der Waals surface area contributed by atoms with E-state index in [1.54, 1.807) is 0 Å². The van der Waals surface area contributed by atoms with Gasteiger partial charge in [0.2, 0.25) is 0 Å². The normalized spacial score (nSPS) is 14.5. The van der Waals surface area contributed by atoms with Gasteiger partial charge < -0.3 is 10.1 Å². The maximum Gasteiger partial charge on any atom is 0.258 e. The molecule has 1 aliphatic rings. The predicted octanol–water partition coefficient (Wildman–Crippen LogP) is 4.52. The van der Waals surface area contributed by atoms with Crippen LogP contribution in [0.2, 0.25) is 0 Å². The van der Waals surface area contributed by atoms with Crippen molar-refractivity contribution in [1.29, 1.82) is 0 Å². The lowest BCUT2D eigenvalue weighted by Gasteiger charge is -2.21. The van der Waals surface area contributed by atoms with Crippen molar-refractivity contribution in [2.75, 3.05) is 6.61 Å². The minimum atomic E-state index is -0.0777. The summed E-state index contributed by atoms with van der Waals surface area (Å²) in [6.45, 7) is 4.16. The van der Waals surface area contributed by atoms with Gasteiger partial charge in [-0.25, -0.2) is 0 Å². The molecule has 0 aliphatic heterocycles. The zero-order valence-corrected chi connectivity index (χ0v) is 15.2. The van der Waals surface area contributed by atoms with Gasteiger partial charge in [0.25, 0.3) is 5.91 Å². The predicted molar refractivity (Wildman–Crippen MR) is 101 cm³/mol. The van der Waals surface area contributed by atoms with Crippen molar-refractivity contribution in [3.05, 3.63) is 64.7 Å². The Labute approximate surface area is 150 Å². The smallest absolute Gasteiger partial charge is 0.258 e. The first kappa shape index (κ1) is 17.5. The number of aryl methyl sites for hydroxylation is 3. The first-order valence-electron chi connectivity index (χ1n) is 9.26. The first-order chi connectivity index (χ1) is 12.2. The van der Waals surface area contributed by atoms with E-state index in [0.29, 0.717) is 0 Å². The first-order valence-corrected chi connectivity index (χ1v) is 9.26. The lowest BCUT2D eigenvalue weighted by Crippen LogP contribution is -2.32. The number of ether oxygens (including phenoxy) is 1. The van der Waals surface area contributed by atoms with E-state index >= 15 is 0 Å². The Kier molecular flexibility index (Phi) is 5.75. The standard InChI is InChI=1S/C22H27NO2/c1-3-21(19-12-11-17-8-4-5-9-18(17)14-19)23-22(24)15-25-20-10-6-7-16(2)13-20/h6-7,10-14,21H,3-5,8-9,15H2,1-2H3,(H,23,24)/t21-/m0/s1. The summed E-state index contributed by atoms with van der Waals surface area (Å²) in [7, 11) is 0. The highest BCUT2D eigenvalue weighted by atomic mass is 16.5. The monoisotopic (exact) mass is 337 g/mol. The highest BCUT2D eigenvalue weighted by Gasteiger charge is 2.16. The molecule has 1 aliphatic carbocycles. The van der Waals surface area contributed by atoms with Gasteiger partial charge in [0.1, 0.15) is 5.75 Å². The number of nitrogens with one attached hydrogen (secondary N) is 1. The van der Waals surface area contributed by atoms with Gasteiger partial charge in [-0.2, -0.15) is 0 Å². The summed E-state index contributed by atoms with van der Waals surface area (Å²) in [5, 5.41) is 3.11. The molecular weight excluding hydrogens is 310 g/mol. The summed E-state index contributed by atoms with van der Waals surface area (Å²) in [5.74, 6) is 0.656. The fourth-order valence-corrected chi connectivity index (χ4v) is 3.48. The van der Waals surface area contributed by atoms with Crippen molar-refractivity contribution in [3.63, 3.8) is 0 Å². The molecule has 25 heavy (non-hydrogen) atoms. The number of carbonyl (C=O) groups excluding carboxylic acids is 1. The second-order valence-electron chi connectivity index (χ2n) is 6.87.